The lowest BCUT2D eigenvalue weighted by Crippen LogP contribution is -2.37. The molecule has 0 radical (unpaired) electrons. The van der Waals surface area contributed by atoms with Gasteiger partial charge in [0.25, 0.3) is 0 Å². The quantitative estimate of drug-likeness (QED) is 0.763. The molecule has 0 aliphatic carbocycles. The van der Waals surface area contributed by atoms with E-state index >= 15 is 0 Å². The van der Waals surface area contributed by atoms with E-state index in [0.29, 0.717) is 31.9 Å². The van der Waals surface area contributed by atoms with Crippen molar-refractivity contribution in [3.8, 4) is 5.75 Å². The van der Waals surface area contributed by atoms with Crippen LogP contribution in [0.4, 0.5) is 5.69 Å². The molecule has 0 heterocycles. The molecule has 0 atom stereocenters. The monoisotopic (exact) mass is 306 g/mol. The first-order chi connectivity index (χ1) is 10.6. The van der Waals surface area contributed by atoms with Crippen molar-refractivity contribution in [2.45, 2.75) is 40.0 Å². The van der Waals surface area contributed by atoms with Gasteiger partial charge in [0.15, 0.2) is 0 Å². The Hall–Kier alpha value is -2.04. The van der Waals surface area contributed by atoms with Crippen LogP contribution in [0.1, 0.15) is 40.0 Å². The van der Waals surface area contributed by atoms with Gasteiger partial charge in [0, 0.05) is 26.4 Å². The number of carbonyl (C=O) groups excluding carboxylic acids is 2. The average molecular weight is 306 g/mol. The third kappa shape index (κ3) is 5.76. The molecule has 0 aromatic heterocycles. The van der Waals surface area contributed by atoms with Crippen molar-refractivity contribution in [2.75, 3.05) is 24.6 Å². The zero-order valence-electron chi connectivity index (χ0n) is 13.7. The summed E-state index contributed by atoms with van der Waals surface area (Å²) in [6, 6.07) is 7.44. The van der Waals surface area contributed by atoms with E-state index in [1.807, 2.05) is 31.2 Å². The molecule has 1 aromatic rings. The molecular formula is C17H26N2O3. The highest BCUT2D eigenvalue weighted by molar-refractivity contribution is 5.93. The fraction of sp³-hybridized carbons (Fsp3) is 0.529. The minimum Gasteiger partial charge on any atom is -0.492 e. The molecule has 1 rings (SSSR count). The van der Waals surface area contributed by atoms with Gasteiger partial charge in [-0.15, -0.1) is 0 Å². The second kappa shape index (κ2) is 9.82. The van der Waals surface area contributed by atoms with E-state index in [0.717, 1.165) is 18.5 Å². The lowest BCUT2D eigenvalue weighted by Gasteiger charge is -2.23. The van der Waals surface area contributed by atoms with Crippen LogP contribution in [-0.2, 0) is 9.59 Å². The lowest BCUT2D eigenvalue weighted by molar-refractivity contribution is -0.121. The summed E-state index contributed by atoms with van der Waals surface area (Å²) >= 11 is 0. The van der Waals surface area contributed by atoms with Crippen LogP contribution >= 0.6 is 0 Å². The van der Waals surface area contributed by atoms with E-state index in [4.69, 9.17) is 4.74 Å². The minimum absolute atomic E-state index is 0.0310. The van der Waals surface area contributed by atoms with Crippen molar-refractivity contribution >= 4 is 17.5 Å². The fourth-order valence-corrected chi connectivity index (χ4v) is 2.14. The van der Waals surface area contributed by atoms with Gasteiger partial charge < -0.3 is 15.0 Å². The third-order valence-corrected chi connectivity index (χ3v) is 3.25. The van der Waals surface area contributed by atoms with Crippen LogP contribution in [0.5, 0.6) is 5.75 Å². The Kier molecular flexibility index (Phi) is 8.04. The van der Waals surface area contributed by atoms with Crippen molar-refractivity contribution in [3.05, 3.63) is 24.3 Å². The molecule has 5 heteroatoms. The smallest absolute Gasteiger partial charge is 0.224 e. The molecule has 122 valence electrons. The number of nitrogens with zero attached hydrogens (tertiary/aromatic N) is 1. The van der Waals surface area contributed by atoms with E-state index in [2.05, 4.69) is 12.2 Å². The highest BCUT2D eigenvalue weighted by atomic mass is 16.5. The molecule has 0 bridgehead atoms. The van der Waals surface area contributed by atoms with Crippen LogP contribution in [-0.4, -0.2) is 31.5 Å². The summed E-state index contributed by atoms with van der Waals surface area (Å²) in [7, 11) is 0. The molecule has 22 heavy (non-hydrogen) atoms. The van der Waals surface area contributed by atoms with Crippen LogP contribution in [0.25, 0.3) is 0 Å². The molecular weight excluding hydrogens is 280 g/mol. The topological polar surface area (TPSA) is 58.6 Å². The first-order valence-electron chi connectivity index (χ1n) is 7.86. The molecule has 1 N–H and O–H groups in total. The molecule has 5 nitrogen and oxygen atoms in total. The Morgan fingerprint density at radius 3 is 2.59 bits per heavy atom. The number of ether oxygens (including phenoxy) is 1. The normalized spacial score (nSPS) is 10.1. The molecule has 0 aliphatic heterocycles. The predicted molar refractivity (Wildman–Crippen MR) is 88.2 cm³/mol. The number of amides is 2. The zero-order valence-corrected chi connectivity index (χ0v) is 13.7. The Labute approximate surface area is 132 Å². The van der Waals surface area contributed by atoms with Crippen LogP contribution in [0.15, 0.2) is 24.3 Å². The van der Waals surface area contributed by atoms with Crippen LogP contribution in [0.3, 0.4) is 0 Å². The van der Waals surface area contributed by atoms with Gasteiger partial charge in [-0.05, 0) is 25.5 Å². The number of nitrogens with one attached hydrogen (secondary N) is 1. The van der Waals surface area contributed by atoms with Gasteiger partial charge in [0.1, 0.15) is 5.75 Å². The summed E-state index contributed by atoms with van der Waals surface area (Å²) in [5.41, 5.74) is 0.736. The summed E-state index contributed by atoms with van der Waals surface area (Å²) in [4.78, 5) is 25.2. The second-order valence-corrected chi connectivity index (χ2v) is 5.02. The Morgan fingerprint density at radius 1 is 1.23 bits per heavy atom. The number of anilines is 1. The number of para-hydroxylation sites is 2. The first-order valence-corrected chi connectivity index (χ1v) is 7.86. The van der Waals surface area contributed by atoms with Crippen LogP contribution < -0.4 is 15.0 Å². The number of benzene rings is 1. The fourth-order valence-electron chi connectivity index (χ4n) is 2.14. The minimum atomic E-state index is -0.0741. The highest BCUT2D eigenvalue weighted by Crippen LogP contribution is 2.27. The van der Waals surface area contributed by atoms with E-state index in [1.54, 1.807) is 4.90 Å². The number of carbonyl (C=O) groups is 2. The van der Waals surface area contributed by atoms with Gasteiger partial charge in [-0.2, -0.15) is 0 Å². The van der Waals surface area contributed by atoms with Crippen molar-refractivity contribution < 1.29 is 14.3 Å². The summed E-state index contributed by atoms with van der Waals surface area (Å²) in [5, 5.41) is 2.85. The number of rotatable bonds is 9. The van der Waals surface area contributed by atoms with Crippen LogP contribution in [0.2, 0.25) is 0 Å². The highest BCUT2D eigenvalue weighted by Gasteiger charge is 2.15. The molecule has 0 unspecified atom stereocenters. The van der Waals surface area contributed by atoms with Gasteiger partial charge in [0.05, 0.1) is 12.3 Å². The SMILES string of the molecule is CCCCC(=O)NCCN(C(C)=O)c1ccccc1OCC. The summed E-state index contributed by atoms with van der Waals surface area (Å²) < 4.78 is 5.57. The van der Waals surface area contributed by atoms with E-state index in [1.165, 1.54) is 6.92 Å². The van der Waals surface area contributed by atoms with Crippen LogP contribution in [0, 0.1) is 0 Å². The Bertz CT molecular complexity index is 489. The third-order valence-electron chi connectivity index (χ3n) is 3.25. The maximum atomic E-state index is 11.9. The summed E-state index contributed by atoms with van der Waals surface area (Å²) in [6.07, 6.45) is 2.41. The maximum absolute atomic E-state index is 11.9. The summed E-state index contributed by atoms with van der Waals surface area (Å²) in [5.74, 6) is 0.635. The van der Waals surface area contributed by atoms with Gasteiger partial charge in [0.2, 0.25) is 11.8 Å². The molecule has 0 saturated carbocycles. The number of hydrogen-bond donors (Lipinski definition) is 1. The lowest BCUT2D eigenvalue weighted by atomic mass is 10.2. The molecule has 2 amide bonds. The van der Waals surface area contributed by atoms with E-state index in [-0.39, 0.29) is 11.8 Å². The number of unbranched alkanes of at least 4 members (excludes halogenated alkanes) is 1. The Balaban J connectivity index is 2.67. The standard InChI is InChI=1S/C17H26N2O3/c1-4-6-11-17(21)18-12-13-19(14(3)20)15-9-7-8-10-16(15)22-5-2/h7-10H,4-6,11-13H2,1-3H3,(H,18,21). The zero-order chi connectivity index (χ0) is 16.4. The van der Waals surface area contributed by atoms with Gasteiger partial charge in [-0.1, -0.05) is 25.5 Å². The van der Waals surface area contributed by atoms with Crippen molar-refractivity contribution in [1.82, 2.24) is 5.32 Å². The Morgan fingerprint density at radius 2 is 1.95 bits per heavy atom. The molecule has 0 aliphatic rings. The average Bonchev–Trinajstić information content (AvgIpc) is 2.50. The second-order valence-electron chi connectivity index (χ2n) is 5.02. The number of hydrogen-bond acceptors (Lipinski definition) is 3. The van der Waals surface area contributed by atoms with Crippen molar-refractivity contribution in [2.24, 2.45) is 0 Å². The van der Waals surface area contributed by atoms with Gasteiger partial charge >= 0.3 is 0 Å². The largest absolute Gasteiger partial charge is 0.492 e. The first kappa shape index (κ1) is 18.0. The van der Waals surface area contributed by atoms with E-state index < -0.39 is 0 Å². The maximum Gasteiger partial charge on any atom is 0.224 e. The molecule has 0 fully saturated rings. The van der Waals surface area contributed by atoms with E-state index in [9.17, 15) is 9.59 Å². The predicted octanol–water partition coefficient (Wildman–Crippen LogP) is 2.74. The summed E-state index contributed by atoms with van der Waals surface area (Å²) in [6.45, 7) is 6.87. The van der Waals surface area contributed by atoms with Gasteiger partial charge in [-0.25, -0.2) is 0 Å². The van der Waals surface area contributed by atoms with Crippen molar-refractivity contribution in [1.29, 1.82) is 0 Å². The van der Waals surface area contributed by atoms with Gasteiger partial charge in [-0.3, -0.25) is 9.59 Å². The van der Waals surface area contributed by atoms with Crippen molar-refractivity contribution in [3.63, 3.8) is 0 Å². The molecule has 0 saturated heterocycles. The molecule has 0 spiro atoms. The molecule has 1 aromatic carbocycles.